The van der Waals surface area contributed by atoms with Gasteiger partial charge in [-0.1, -0.05) is 54.6 Å². The molecule has 3 aromatic rings. The Morgan fingerprint density at radius 2 is 1.52 bits per heavy atom. The zero-order valence-corrected chi connectivity index (χ0v) is 15.3. The number of rotatable bonds is 5. The number of aryl methyl sites for hydroxylation is 2. The highest BCUT2D eigenvalue weighted by Crippen LogP contribution is 2.22. The molecule has 1 aromatic heterocycles. The summed E-state index contributed by atoms with van der Waals surface area (Å²) in [6.45, 7) is 3.87. The van der Waals surface area contributed by atoms with Crippen molar-refractivity contribution in [3.63, 3.8) is 0 Å². The van der Waals surface area contributed by atoms with Gasteiger partial charge in [0, 0.05) is 11.9 Å². The molecule has 0 spiro atoms. The first-order valence-corrected chi connectivity index (χ1v) is 8.70. The molecule has 0 bridgehead atoms. The van der Waals surface area contributed by atoms with Gasteiger partial charge in [-0.15, -0.1) is 0 Å². The molecule has 3 rings (SSSR count). The van der Waals surface area contributed by atoms with E-state index in [-0.39, 0.29) is 11.6 Å². The van der Waals surface area contributed by atoms with E-state index in [2.05, 4.69) is 15.6 Å². The second-order valence-corrected chi connectivity index (χ2v) is 6.29. The van der Waals surface area contributed by atoms with Crippen LogP contribution in [0.5, 0.6) is 0 Å². The molecule has 5 heteroatoms. The Hall–Kier alpha value is -3.47. The van der Waals surface area contributed by atoms with Crippen molar-refractivity contribution < 1.29 is 9.59 Å². The molecule has 0 unspecified atom stereocenters. The van der Waals surface area contributed by atoms with Gasteiger partial charge in [0.15, 0.2) is 0 Å². The summed E-state index contributed by atoms with van der Waals surface area (Å²) in [4.78, 5) is 29.7. The van der Waals surface area contributed by atoms with Crippen molar-refractivity contribution in [2.75, 3.05) is 5.32 Å². The fourth-order valence-electron chi connectivity index (χ4n) is 2.85. The van der Waals surface area contributed by atoms with Crippen LogP contribution in [0.25, 0.3) is 0 Å². The first-order chi connectivity index (χ1) is 13.1. The maximum absolute atomic E-state index is 13.0. The zero-order valence-electron chi connectivity index (χ0n) is 15.3. The molecule has 0 fully saturated rings. The summed E-state index contributed by atoms with van der Waals surface area (Å²) in [7, 11) is 0. The third-order valence-corrected chi connectivity index (χ3v) is 4.30. The van der Waals surface area contributed by atoms with E-state index in [9.17, 15) is 9.59 Å². The molecule has 5 nitrogen and oxygen atoms in total. The summed E-state index contributed by atoms with van der Waals surface area (Å²) in [6, 6.07) is 19.2. The predicted molar refractivity (Wildman–Crippen MR) is 105 cm³/mol. The lowest BCUT2D eigenvalue weighted by Gasteiger charge is -2.20. The number of hydrogen-bond acceptors (Lipinski definition) is 3. The Balaban J connectivity index is 1.88. The maximum atomic E-state index is 13.0. The van der Waals surface area contributed by atoms with Gasteiger partial charge >= 0.3 is 0 Å². The molecule has 0 aliphatic carbocycles. The number of hydrogen-bond donors (Lipinski definition) is 2. The third-order valence-electron chi connectivity index (χ3n) is 4.30. The van der Waals surface area contributed by atoms with Gasteiger partial charge in [0.05, 0.1) is 0 Å². The molecule has 136 valence electrons. The van der Waals surface area contributed by atoms with Gasteiger partial charge in [0.2, 0.25) is 0 Å². The van der Waals surface area contributed by atoms with Crippen molar-refractivity contribution in [3.05, 3.63) is 95.3 Å². The van der Waals surface area contributed by atoms with E-state index in [1.807, 2.05) is 62.4 Å². The van der Waals surface area contributed by atoms with Crippen molar-refractivity contribution in [1.82, 2.24) is 10.3 Å². The molecular formula is C22H21N3O2. The van der Waals surface area contributed by atoms with Crippen molar-refractivity contribution in [2.45, 2.75) is 19.9 Å². The van der Waals surface area contributed by atoms with Crippen LogP contribution < -0.4 is 10.6 Å². The van der Waals surface area contributed by atoms with E-state index in [1.54, 1.807) is 24.4 Å². The molecule has 27 heavy (non-hydrogen) atoms. The highest BCUT2D eigenvalue weighted by atomic mass is 16.2. The number of benzene rings is 2. The lowest BCUT2D eigenvalue weighted by molar-refractivity contribution is -0.118. The van der Waals surface area contributed by atoms with Crippen molar-refractivity contribution in [3.8, 4) is 0 Å². The molecule has 2 N–H and O–H groups in total. The Labute approximate surface area is 158 Å². The summed E-state index contributed by atoms with van der Waals surface area (Å²) in [5.41, 5.74) is 3.65. The zero-order chi connectivity index (χ0) is 19.2. The Morgan fingerprint density at radius 1 is 0.852 bits per heavy atom. The molecule has 2 amide bonds. The quantitative estimate of drug-likeness (QED) is 0.728. The number of nitrogens with one attached hydrogen (secondary N) is 2. The molecule has 0 saturated carbocycles. The molecule has 2 aromatic carbocycles. The van der Waals surface area contributed by atoms with E-state index in [0.29, 0.717) is 5.56 Å². The summed E-state index contributed by atoms with van der Waals surface area (Å²) < 4.78 is 0. The number of anilines is 1. The number of carbonyl (C=O) groups is 2. The van der Waals surface area contributed by atoms with Crippen LogP contribution in [0.3, 0.4) is 0 Å². The normalized spacial score (nSPS) is 11.5. The van der Waals surface area contributed by atoms with E-state index < -0.39 is 11.9 Å². The van der Waals surface area contributed by atoms with Gasteiger partial charge in [0.1, 0.15) is 11.7 Å². The molecule has 0 aliphatic rings. The molecule has 1 atom stereocenters. The first kappa shape index (κ1) is 18.3. The molecule has 0 saturated heterocycles. The standard InChI is InChI=1S/C22H21N3O2/c1-15-9-8-10-16(2)19(15)24-22(27)20(17-11-4-3-5-12-17)25-21(26)18-13-6-7-14-23-18/h3-14,20H,1-2H3,(H,24,27)(H,25,26)/t20-/m0/s1. The molecular weight excluding hydrogens is 338 g/mol. The van der Waals surface area contributed by atoms with Gasteiger partial charge < -0.3 is 10.6 Å². The summed E-state index contributed by atoms with van der Waals surface area (Å²) in [5, 5.41) is 5.75. The second-order valence-electron chi connectivity index (χ2n) is 6.29. The van der Waals surface area contributed by atoms with Crippen LogP contribution in [0, 0.1) is 13.8 Å². The topological polar surface area (TPSA) is 71.1 Å². The van der Waals surface area contributed by atoms with E-state index in [0.717, 1.165) is 16.8 Å². The fraction of sp³-hybridized carbons (Fsp3) is 0.136. The number of nitrogens with zero attached hydrogens (tertiary/aromatic N) is 1. The monoisotopic (exact) mass is 359 g/mol. The van der Waals surface area contributed by atoms with Gasteiger partial charge in [-0.05, 0) is 42.7 Å². The first-order valence-electron chi connectivity index (χ1n) is 8.70. The minimum atomic E-state index is -0.834. The molecule has 1 heterocycles. The number of carbonyl (C=O) groups excluding carboxylic acids is 2. The average molecular weight is 359 g/mol. The van der Waals surface area contributed by atoms with Crippen LogP contribution in [-0.4, -0.2) is 16.8 Å². The van der Waals surface area contributed by atoms with Crippen LogP contribution in [0.1, 0.15) is 33.2 Å². The van der Waals surface area contributed by atoms with Gasteiger partial charge in [-0.25, -0.2) is 0 Å². The Morgan fingerprint density at radius 3 is 2.15 bits per heavy atom. The SMILES string of the molecule is Cc1cccc(C)c1NC(=O)[C@@H](NC(=O)c1ccccn1)c1ccccc1. The largest absolute Gasteiger partial charge is 0.335 e. The van der Waals surface area contributed by atoms with E-state index in [4.69, 9.17) is 0 Å². The van der Waals surface area contributed by atoms with E-state index in [1.165, 1.54) is 0 Å². The number of para-hydroxylation sites is 1. The van der Waals surface area contributed by atoms with Crippen molar-refractivity contribution in [2.24, 2.45) is 0 Å². The summed E-state index contributed by atoms with van der Waals surface area (Å²) >= 11 is 0. The van der Waals surface area contributed by atoms with Crippen molar-refractivity contribution >= 4 is 17.5 Å². The maximum Gasteiger partial charge on any atom is 0.270 e. The second kappa shape index (κ2) is 8.27. The van der Waals surface area contributed by atoms with Crippen LogP contribution >= 0.6 is 0 Å². The number of pyridine rings is 1. The van der Waals surface area contributed by atoms with Crippen molar-refractivity contribution in [1.29, 1.82) is 0 Å². The predicted octanol–water partition coefficient (Wildman–Crippen LogP) is 3.81. The highest BCUT2D eigenvalue weighted by molar-refractivity contribution is 6.01. The summed E-state index contributed by atoms with van der Waals surface area (Å²) in [6.07, 6.45) is 1.54. The number of amides is 2. The van der Waals surface area contributed by atoms with Gasteiger partial charge in [-0.2, -0.15) is 0 Å². The van der Waals surface area contributed by atoms with Crippen LogP contribution in [0.4, 0.5) is 5.69 Å². The smallest absolute Gasteiger partial charge is 0.270 e. The Kier molecular flexibility index (Phi) is 5.61. The lowest BCUT2D eigenvalue weighted by atomic mass is 10.0. The molecule has 0 aliphatic heterocycles. The van der Waals surface area contributed by atoms with Gasteiger partial charge in [-0.3, -0.25) is 14.6 Å². The minimum Gasteiger partial charge on any atom is -0.335 e. The van der Waals surface area contributed by atoms with Crippen LogP contribution in [-0.2, 0) is 4.79 Å². The summed E-state index contributed by atoms with van der Waals surface area (Å²) in [5.74, 6) is -0.705. The minimum absolute atomic E-state index is 0.262. The average Bonchev–Trinajstić information content (AvgIpc) is 2.70. The fourth-order valence-corrected chi connectivity index (χ4v) is 2.85. The highest BCUT2D eigenvalue weighted by Gasteiger charge is 2.24. The van der Waals surface area contributed by atoms with Crippen LogP contribution in [0.2, 0.25) is 0 Å². The Bertz CT molecular complexity index is 920. The lowest BCUT2D eigenvalue weighted by Crippen LogP contribution is -2.37. The van der Waals surface area contributed by atoms with Gasteiger partial charge in [0.25, 0.3) is 11.8 Å². The third kappa shape index (κ3) is 4.39. The van der Waals surface area contributed by atoms with E-state index >= 15 is 0 Å². The number of aromatic nitrogens is 1. The molecule has 0 radical (unpaired) electrons. The van der Waals surface area contributed by atoms with Crippen LogP contribution in [0.15, 0.2) is 72.9 Å².